The maximum atomic E-state index is 13.8. The molecule has 2 aromatic carbocycles. The minimum absolute atomic E-state index is 0.0315. The molecule has 1 aliphatic heterocycles. The number of benzene rings is 2. The smallest absolute Gasteiger partial charge is 0.387 e. The number of nitrogens with one attached hydrogen (secondary N) is 1. The van der Waals surface area contributed by atoms with Gasteiger partial charge in [-0.15, -0.1) is 0 Å². The number of ether oxygens (including phenoxy) is 2. The van der Waals surface area contributed by atoms with Crippen molar-refractivity contribution in [3.8, 4) is 11.5 Å². The van der Waals surface area contributed by atoms with Gasteiger partial charge in [-0.25, -0.2) is 9.18 Å². The fourth-order valence-corrected chi connectivity index (χ4v) is 3.08. The van der Waals surface area contributed by atoms with Crippen molar-refractivity contribution in [1.29, 1.82) is 0 Å². The number of carbonyl (C=O) groups is 3. The van der Waals surface area contributed by atoms with Crippen LogP contribution in [0.1, 0.15) is 22.8 Å². The lowest BCUT2D eigenvalue weighted by Crippen LogP contribution is -2.41. The van der Waals surface area contributed by atoms with Crippen molar-refractivity contribution in [3.05, 3.63) is 59.4 Å². The van der Waals surface area contributed by atoms with Crippen LogP contribution in [0.3, 0.4) is 0 Å². The molecule has 0 unspecified atom stereocenters. The highest BCUT2D eigenvalue weighted by Gasteiger charge is 2.49. The SMILES string of the molecule is COc1ccc(C(=O)CN2C(=O)N[C@](C)(c3ccc(OC(F)F)cc3)C2=O)cc1F. The molecule has 158 valence electrons. The molecule has 7 nitrogen and oxygen atoms in total. The monoisotopic (exact) mass is 422 g/mol. The summed E-state index contributed by atoms with van der Waals surface area (Å²) in [4.78, 5) is 38.4. The summed E-state index contributed by atoms with van der Waals surface area (Å²) in [6.45, 7) is -2.17. The maximum Gasteiger partial charge on any atom is 0.387 e. The van der Waals surface area contributed by atoms with E-state index in [1.54, 1.807) is 0 Å². The van der Waals surface area contributed by atoms with Crippen molar-refractivity contribution in [2.24, 2.45) is 0 Å². The van der Waals surface area contributed by atoms with Gasteiger partial charge in [-0.1, -0.05) is 12.1 Å². The number of hydrogen-bond acceptors (Lipinski definition) is 5. The Labute approximate surface area is 169 Å². The molecular formula is C20H17F3N2O5. The first-order valence-corrected chi connectivity index (χ1v) is 8.72. The van der Waals surface area contributed by atoms with Crippen molar-refractivity contribution in [2.45, 2.75) is 19.1 Å². The van der Waals surface area contributed by atoms with E-state index in [1.807, 2.05) is 0 Å². The minimum Gasteiger partial charge on any atom is -0.494 e. The zero-order valence-electron chi connectivity index (χ0n) is 15.9. The number of nitrogens with zero attached hydrogens (tertiary/aromatic N) is 1. The number of halogens is 3. The summed E-state index contributed by atoms with van der Waals surface area (Å²) < 4.78 is 47.5. The Morgan fingerprint density at radius 1 is 1.17 bits per heavy atom. The summed E-state index contributed by atoms with van der Waals surface area (Å²) in [6.07, 6.45) is 0. The third-order valence-electron chi connectivity index (χ3n) is 4.71. The van der Waals surface area contributed by atoms with Crippen LogP contribution >= 0.6 is 0 Å². The fourth-order valence-electron chi connectivity index (χ4n) is 3.08. The number of urea groups is 1. The van der Waals surface area contributed by atoms with E-state index in [-0.39, 0.29) is 17.1 Å². The van der Waals surface area contributed by atoms with Crippen LogP contribution in [-0.2, 0) is 10.3 Å². The first-order chi connectivity index (χ1) is 14.2. The van der Waals surface area contributed by atoms with Gasteiger partial charge in [-0.05, 0) is 42.8 Å². The van der Waals surface area contributed by atoms with Crippen molar-refractivity contribution in [1.82, 2.24) is 10.2 Å². The molecule has 0 spiro atoms. The molecule has 0 saturated carbocycles. The van der Waals surface area contributed by atoms with Gasteiger partial charge in [0, 0.05) is 5.56 Å². The Kier molecular flexibility index (Phi) is 5.68. The molecule has 2 aromatic rings. The lowest BCUT2D eigenvalue weighted by Gasteiger charge is -2.22. The molecule has 10 heteroatoms. The number of amides is 3. The highest BCUT2D eigenvalue weighted by Crippen LogP contribution is 2.30. The lowest BCUT2D eigenvalue weighted by molar-refractivity contribution is -0.130. The van der Waals surface area contributed by atoms with E-state index in [2.05, 4.69) is 10.1 Å². The van der Waals surface area contributed by atoms with Crippen LogP contribution in [0.2, 0.25) is 0 Å². The molecule has 0 aliphatic carbocycles. The highest BCUT2D eigenvalue weighted by molar-refractivity contribution is 6.11. The number of methoxy groups -OCH3 is 1. The molecule has 1 aliphatic rings. The van der Waals surface area contributed by atoms with Crippen molar-refractivity contribution in [2.75, 3.05) is 13.7 Å². The number of rotatable bonds is 7. The lowest BCUT2D eigenvalue weighted by atomic mass is 9.92. The quantitative estimate of drug-likeness (QED) is 0.548. The van der Waals surface area contributed by atoms with Gasteiger partial charge < -0.3 is 14.8 Å². The molecule has 3 rings (SSSR count). The molecule has 0 bridgehead atoms. The number of carbonyl (C=O) groups excluding carboxylic acids is 3. The Morgan fingerprint density at radius 3 is 2.40 bits per heavy atom. The zero-order chi connectivity index (χ0) is 22.1. The number of imide groups is 1. The van der Waals surface area contributed by atoms with Gasteiger partial charge in [0.15, 0.2) is 17.3 Å². The summed E-state index contributed by atoms with van der Waals surface area (Å²) in [5.74, 6) is -2.27. The molecule has 0 aromatic heterocycles. The predicted octanol–water partition coefficient (Wildman–Crippen LogP) is 3.09. The molecule has 1 N–H and O–H groups in total. The highest BCUT2D eigenvalue weighted by atomic mass is 19.3. The average molecular weight is 422 g/mol. The molecule has 30 heavy (non-hydrogen) atoms. The van der Waals surface area contributed by atoms with E-state index in [0.29, 0.717) is 10.5 Å². The molecular weight excluding hydrogens is 405 g/mol. The van der Waals surface area contributed by atoms with E-state index in [4.69, 9.17) is 4.74 Å². The largest absolute Gasteiger partial charge is 0.494 e. The van der Waals surface area contributed by atoms with E-state index >= 15 is 0 Å². The summed E-state index contributed by atoms with van der Waals surface area (Å²) in [5.41, 5.74) is -1.23. The molecule has 1 atom stereocenters. The second kappa shape index (κ2) is 8.05. The van der Waals surface area contributed by atoms with Crippen LogP contribution < -0.4 is 14.8 Å². The van der Waals surface area contributed by atoms with E-state index < -0.39 is 42.2 Å². The van der Waals surface area contributed by atoms with Crippen molar-refractivity contribution >= 4 is 17.7 Å². The Bertz CT molecular complexity index is 996. The van der Waals surface area contributed by atoms with Gasteiger partial charge in [0.2, 0.25) is 0 Å². The second-order valence-corrected chi connectivity index (χ2v) is 6.62. The van der Waals surface area contributed by atoms with E-state index in [0.717, 1.165) is 6.07 Å². The van der Waals surface area contributed by atoms with Crippen LogP contribution in [0.15, 0.2) is 42.5 Å². The molecule has 0 radical (unpaired) electrons. The Hall–Kier alpha value is -3.56. The first kappa shape index (κ1) is 21.2. The van der Waals surface area contributed by atoms with Crippen LogP contribution in [0.4, 0.5) is 18.0 Å². The molecule has 1 saturated heterocycles. The first-order valence-electron chi connectivity index (χ1n) is 8.72. The minimum atomic E-state index is -3.00. The van der Waals surface area contributed by atoms with Crippen LogP contribution in [0.5, 0.6) is 11.5 Å². The third kappa shape index (κ3) is 3.93. The normalized spacial score (nSPS) is 18.5. The van der Waals surface area contributed by atoms with Gasteiger partial charge in [0.05, 0.1) is 13.7 Å². The van der Waals surface area contributed by atoms with Gasteiger partial charge in [0.25, 0.3) is 5.91 Å². The number of alkyl halides is 2. The fraction of sp³-hybridized carbons (Fsp3) is 0.250. The topological polar surface area (TPSA) is 84.9 Å². The third-order valence-corrected chi connectivity index (χ3v) is 4.71. The summed E-state index contributed by atoms with van der Waals surface area (Å²) in [6, 6.07) is 7.93. The number of ketones is 1. The van der Waals surface area contributed by atoms with Gasteiger partial charge in [0.1, 0.15) is 11.3 Å². The van der Waals surface area contributed by atoms with E-state index in [9.17, 15) is 27.6 Å². The summed E-state index contributed by atoms with van der Waals surface area (Å²) >= 11 is 0. The molecule has 3 amide bonds. The summed E-state index contributed by atoms with van der Waals surface area (Å²) in [7, 11) is 1.28. The predicted molar refractivity (Wildman–Crippen MR) is 98.0 cm³/mol. The molecule has 1 heterocycles. The van der Waals surface area contributed by atoms with Crippen molar-refractivity contribution < 1.29 is 37.0 Å². The maximum absolute atomic E-state index is 13.8. The van der Waals surface area contributed by atoms with Crippen LogP contribution in [-0.4, -0.2) is 42.9 Å². The number of hydrogen-bond donors (Lipinski definition) is 1. The Balaban J connectivity index is 1.78. The van der Waals surface area contributed by atoms with Gasteiger partial charge in [-0.2, -0.15) is 8.78 Å². The second-order valence-electron chi connectivity index (χ2n) is 6.62. The summed E-state index contributed by atoms with van der Waals surface area (Å²) in [5, 5.41) is 2.50. The van der Waals surface area contributed by atoms with Gasteiger partial charge >= 0.3 is 12.6 Å². The van der Waals surface area contributed by atoms with Crippen LogP contribution in [0.25, 0.3) is 0 Å². The van der Waals surface area contributed by atoms with E-state index in [1.165, 1.54) is 50.4 Å². The molecule has 1 fully saturated rings. The van der Waals surface area contributed by atoms with Crippen molar-refractivity contribution in [3.63, 3.8) is 0 Å². The standard InChI is InChI=1S/C20H17F3N2O5/c1-20(12-4-6-13(7-5-12)30-18(22)23)17(27)25(19(28)24-20)10-15(26)11-3-8-16(29-2)14(21)9-11/h3-9,18H,10H2,1-2H3,(H,24,28)/t20-/m1/s1. The number of Topliss-reactive ketones (excluding diaryl/α,β-unsaturated/α-hetero) is 1. The van der Waals surface area contributed by atoms with Crippen LogP contribution in [0, 0.1) is 5.82 Å². The zero-order valence-corrected chi connectivity index (χ0v) is 15.9. The Morgan fingerprint density at radius 2 is 1.83 bits per heavy atom. The average Bonchev–Trinajstić information content (AvgIpc) is 2.91. The van der Waals surface area contributed by atoms with Gasteiger partial charge in [-0.3, -0.25) is 14.5 Å².